The van der Waals surface area contributed by atoms with Gasteiger partial charge in [0.25, 0.3) is 0 Å². The van der Waals surface area contributed by atoms with Crippen LogP contribution in [0.25, 0.3) is 6.08 Å². The van der Waals surface area contributed by atoms with Crippen LogP contribution >= 0.6 is 0 Å². The Morgan fingerprint density at radius 3 is 3.23 bits per heavy atom. The Balaban J connectivity index is 2.34. The number of carboxylic acid groups (broad SMARTS) is 1. The standard InChI is InChI=1S/C10H9NO2/c12-10(13)8-1-2-9-6-11-4-3-7(9)5-8/h1-4,6,8H,5H2,(H,12,13). The summed E-state index contributed by atoms with van der Waals surface area (Å²) in [7, 11) is 0. The second-order valence-corrected chi connectivity index (χ2v) is 3.08. The van der Waals surface area contributed by atoms with Crippen molar-refractivity contribution in [1.29, 1.82) is 0 Å². The van der Waals surface area contributed by atoms with E-state index in [2.05, 4.69) is 4.98 Å². The van der Waals surface area contributed by atoms with E-state index < -0.39 is 5.97 Å². The Morgan fingerprint density at radius 1 is 1.62 bits per heavy atom. The van der Waals surface area contributed by atoms with Crippen molar-refractivity contribution in [3.8, 4) is 0 Å². The first-order chi connectivity index (χ1) is 6.27. The second-order valence-electron chi connectivity index (χ2n) is 3.08. The molecule has 1 aliphatic carbocycles. The molecule has 1 N–H and O–H groups in total. The highest BCUT2D eigenvalue weighted by Crippen LogP contribution is 2.21. The Labute approximate surface area is 75.7 Å². The van der Waals surface area contributed by atoms with Crippen LogP contribution in [0.5, 0.6) is 0 Å². The fourth-order valence-electron chi connectivity index (χ4n) is 1.47. The van der Waals surface area contributed by atoms with Crippen molar-refractivity contribution >= 4 is 12.0 Å². The predicted octanol–water partition coefficient (Wildman–Crippen LogP) is 1.35. The Kier molecular flexibility index (Phi) is 1.85. The summed E-state index contributed by atoms with van der Waals surface area (Å²) in [5.74, 6) is -1.14. The van der Waals surface area contributed by atoms with Gasteiger partial charge >= 0.3 is 5.97 Å². The molecule has 1 unspecified atom stereocenters. The number of aromatic nitrogens is 1. The van der Waals surface area contributed by atoms with Crippen molar-refractivity contribution in [2.45, 2.75) is 6.42 Å². The lowest BCUT2D eigenvalue weighted by molar-refractivity contribution is -0.140. The minimum atomic E-state index is -0.765. The van der Waals surface area contributed by atoms with Gasteiger partial charge in [0.05, 0.1) is 5.92 Å². The van der Waals surface area contributed by atoms with E-state index in [4.69, 9.17) is 5.11 Å². The number of fused-ring (bicyclic) bond motifs is 1. The predicted molar refractivity (Wildman–Crippen MR) is 48.1 cm³/mol. The molecular weight excluding hydrogens is 166 g/mol. The highest BCUT2D eigenvalue weighted by Gasteiger charge is 2.19. The minimum absolute atomic E-state index is 0.380. The summed E-state index contributed by atoms with van der Waals surface area (Å²) in [6.45, 7) is 0. The Morgan fingerprint density at radius 2 is 2.46 bits per heavy atom. The van der Waals surface area contributed by atoms with Crippen molar-refractivity contribution in [3.05, 3.63) is 35.7 Å². The highest BCUT2D eigenvalue weighted by molar-refractivity contribution is 5.76. The van der Waals surface area contributed by atoms with Gasteiger partial charge in [-0.05, 0) is 23.6 Å². The van der Waals surface area contributed by atoms with Crippen molar-refractivity contribution in [2.24, 2.45) is 5.92 Å². The molecule has 0 aliphatic heterocycles. The number of carboxylic acids is 1. The monoisotopic (exact) mass is 175 g/mol. The number of carbonyl (C=O) groups is 1. The van der Waals surface area contributed by atoms with E-state index in [0.29, 0.717) is 6.42 Å². The average Bonchev–Trinajstić information content (AvgIpc) is 2.17. The van der Waals surface area contributed by atoms with Gasteiger partial charge in [-0.25, -0.2) is 0 Å². The topological polar surface area (TPSA) is 50.2 Å². The largest absolute Gasteiger partial charge is 0.481 e. The third-order valence-corrected chi connectivity index (χ3v) is 2.21. The second kappa shape index (κ2) is 3.01. The van der Waals surface area contributed by atoms with E-state index in [-0.39, 0.29) is 5.92 Å². The summed E-state index contributed by atoms with van der Waals surface area (Å²) in [5.41, 5.74) is 2.09. The van der Waals surface area contributed by atoms with Gasteiger partial charge < -0.3 is 5.11 Å². The van der Waals surface area contributed by atoms with Gasteiger partial charge in [-0.3, -0.25) is 9.78 Å². The van der Waals surface area contributed by atoms with Crippen LogP contribution in [-0.2, 0) is 11.2 Å². The first-order valence-corrected chi connectivity index (χ1v) is 4.11. The molecule has 66 valence electrons. The smallest absolute Gasteiger partial charge is 0.310 e. The minimum Gasteiger partial charge on any atom is -0.481 e. The summed E-state index contributed by atoms with van der Waals surface area (Å²) in [5, 5.41) is 8.80. The molecule has 3 nitrogen and oxygen atoms in total. The quantitative estimate of drug-likeness (QED) is 0.700. The number of pyridine rings is 1. The van der Waals surface area contributed by atoms with Crippen LogP contribution < -0.4 is 0 Å². The van der Waals surface area contributed by atoms with Gasteiger partial charge in [-0.15, -0.1) is 0 Å². The van der Waals surface area contributed by atoms with Gasteiger partial charge in [0.15, 0.2) is 0 Å². The van der Waals surface area contributed by atoms with E-state index >= 15 is 0 Å². The van der Waals surface area contributed by atoms with Gasteiger partial charge in [-0.2, -0.15) is 0 Å². The lowest BCUT2D eigenvalue weighted by Crippen LogP contribution is -2.16. The van der Waals surface area contributed by atoms with Gasteiger partial charge in [0.2, 0.25) is 0 Å². The van der Waals surface area contributed by atoms with Gasteiger partial charge in [0.1, 0.15) is 0 Å². The molecule has 0 amide bonds. The molecule has 0 radical (unpaired) electrons. The van der Waals surface area contributed by atoms with E-state index in [1.165, 1.54) is 0 Å². The van der Waals surface area contributed by atoms with Crippen LogP contribution in [0.2, 0.25) is 0 Å². The third-order valence-electron chi connectivity index (χ3n) is 2.21. The molecular formula is C10H9NO2. The van der Waals surface area contributed by atoms with Crippen LogP contribution in [-0.4, -0.2) is 16.1 Å². The Hall–Kier alpha value is -1.64. The lowest BCUT2D eigenvalue weighted by atomic mass is 9.91. The molecule has 0 saturated heterocycles. The summed E-state index contributed by atoms with van der Waals surface area (Å²) in [4.78, 5) is 14.7. The highest BCUT2D eigenvalue weighted by atomic mass is 16.4. The van der Waals surface area contributed by atoms with Crippen LogP contribution in [0.1, 0.15) is 11.1 Å². The maximum Gasteiger partial charge on any atom is 0.310 e. The van der Waals surface area contributed by atoms with Gasteiger partial charge in [-0.1, -0.05) is 12.2 Å². The molecule has 1 heterocycles. The van der Waals surface area contributed by atoms with Crippen molar-refractivity contribution < 1.29 is 9.90 Å². The number of hydrogen-bond donors (Lipinski definition) is 1. The third kappa shape index (κ3) is 1.45. The molecule has 1 aromatic heterocycles. The van der Waals surface area contributed by atoms with E-state index in [0.717, 1.165) is 11.1 Å². The molecule has 13 heavy (non-hydrogen) atoms. The first-order valence-electron chi connectivity index (χ1n) is 4.11. The molecule has 0 aromatic carbocycles. The maximum absolute atomic E-state index is 10.7. The number of aliphatic carboxylic acids is 1. The maximum atomic E-state index is 10.7. The first kappa shape index (κ1) is 7.98. The van der Waals surface area contributed by atoms with Crippen LogP contribution in [0.15, 0.2) is 24.5 Å². The number of hydrogen-bond acceptors (Lipinski definition) is 2. The summed E-state index contributed by atoms with van der Waals surface area (Å²) < 4.78 is 0. The Bertz CT molecular complexity index is 371. The fraction of sp³-hybridized carbons (Fsp3) is 0.200. The van der Waals surface area contributed by atoms with E-state index in [9.17, 15) is 4.79 Å². The summed E-state index contributed by atoms with van der Waals surface area (Å²) >= 11 is 0. The number of rotatable bonds is 1. The zero-order valence-corrected chi connectivity index (χ0v) is 6.97. The SMILES string of the molecule is O=C(O)C1C=Cc2cnccc2C1. The molecule has 0 saturated carbocycles. The van der Waals surface area contributed by atoms with Crippen LogP contribution in [0, 0.1) is 5.92 Å². The lowest BCUT2D eigenvalue weighted by Gasteiger charge is -2.14. The molecule has 1 aromatic rings. The summed E-state index contributed by atoms with van der Waals surface area (Å²) in [6.07, 6.45) is 7.56. The van der Waals surface area contributed by atoms with Crippen LogP contribution in [0.3, 0.4) is 0 Å². The van der Waals surface area contributed by atoms with Gasteiger partial charge in [0, 0.05) is 12.4 Å². The van der Waals surface area contributed by atoms with Crippen molar-refractivity contribution in [3.63, 3.8) is 0 Å². The zero-order chi connectivity index (χ0) is 9.26. The molecule has 3 heteroatoms. The average molecular weight is 175 g/mol. The molecule has 1 aliphatic rings. The van der Waals surface area contributed by atoms with Crippen LogP contribution in [0.4, 0.5) is 0 Å². The number of nitrogens with zero attached hydrogens (tertiary/aromatic N) is 1. The van der Waals surface area contributed by atoms with E-state index in [1.54, 1.807) is 18.5 Å². The summed E-state index contributed by atoms with van der Waals surface area (Å²) in [6, 6.07) is 1.87. The molecule has 2 rings (SSSR count). The molecule has 0 spiro atoms. The normalized spacial score (nSPS) is 19.5. The van der Waals surface area contributed by atoms with Crippen molar-refractivity contribution in [2.75, 3.05) is 0 Å². The molecule has 0 bridgehead atoms. The molecule has 1 atom stereocenters. The molecule has 0 fully saturated rings. The van der Waals surface area contributed by atoms with Crippen molar-refractivity contribution in [1.82, 2.24) is 4.98 Å². The fourth-order valence-corrected chi connectivity index (χ4v) is 1.47. The zero-order valence-electron chi connectivity index (χ0n) is 6.97. The van der Waals surface area contributed by atoms with E-state index in [1.807, 2.05) is 12.1 Å².